The molecule has 13 heteroatoms. The molecule has 0 amide bonds. The van der Waals surface area contributed by atoms with E-state index in [1.54, 1.807) is 18.2 Å². The average Bonchev–Trinajstić information content (AvgIpc) is 3.38. The van der Waals surface area contributed by atoms with Crippen molar-refractivity contribution in [2.75, 3.05) is 51.3 Å². The Kier molecular flexibility index (Phi) is 8.16. The molecule has 0 bridgehead atoms. The Labute approximate surface area is 216 Å². The van der Waals surface area contributed by atoms with Crippen LogP contribution in [-0.4, -0.2) is 73.7 Å². The van der Waals surface area contributed by atoms with Crippen LogP contribution in [0.15, 0.2) is 46.2 Å². The van der Waals surface area contributed by atoms with E-state index in [9.17, 15) is 16.8 Å². The van der Waals surface area contributed by atoms with Crippen LogP contribution in [0.4, 0.5) is 5.69 Å². The summed E-state index contributed by atoms with van der Waals surface area (Å²) >= 11 is 12.2. The van der Waals surface area contributed by atoms with Crippen molar-refractivity contribution in [3.8, 4) is 5.75 Å². The van der Waals surface area contributed by atoms with Crippen molar-refractivity contribution in [3.05, 3.63) is 46.4 Å². The van der Waals surface area contributed by atoms with Crippen molar-refractivity contribution in [1.29, 1.82) is 0 Å². The summed E-state index contributed by atoms with van der Waals surface area (Å²) in [5, 5.41) is 0.161. The molecule has 2 heterocycles. The van der Waals surface area contributed by atoms with Gasteiger partial charge in [0.1, 0.15) is 10.6 Å². The first-order valence-electron chi connectivity index (χ1n) is 11.1. The Bertz CT molecular complexity index is 1280. The number of halogens is 2. The van der Waals surface area contributed by atoms with Gasteiger partial charge in [-0.3, -0.25) is 0 Å². The number of benzene rings is 2. The quantitative estimate of drug-likeness (QED) is 0.526. The smallest absolute Gasteiger partial charge is 0.244 e. The normalized spacial score (nSPS) is 19.7. The first kappa shape index (κ1) is 26.5. The molecular formula is C22H27Cl2N3O6S2. The summed E-state index contributed by atoms with van der Waals surface area (Å²) in [6.07, 6.45) is 1.62. The summed E-state index contributed by atoms with van der Waals surface area (Å²) in [6.45, 7) is 1.89. The summed E-state index contributed by atoms with van der Waals surface area (Å²) in [6, 6.07) is 9.14. The molecule has 9 nitrogen and oxygen atoms in total. The molecule has 2 saturated heterocycles. The number of nitrogens with zero attached hydrogens (tertiary/aromatic N) is 2. The molecule has 0 spiro atoms. The number of hydrogen-bond donors (Lipinski definition) is 1. The van der Waals surface area contributed by atoms with Crippen LogP contribution < -0.4 is 14.4 Å². The molecule has 2 aliphatic rings. The summed E-state index contributed by atoms with van der Waals surface area (Å²) in [7, 11) is -6.10. The number of rotatable bonds is 8. The van der Waals surface area contributed by atoms with Crippen LogP contribution >= 0.6 is 23.2 Å². The molecule has 2 aromatic rings. The fourth-order valence-electron chi connectivity index (χ4n) is 4.17. The van der Waals surface area contributed by atoms with Crippen molar-refractivity contribution < 1.29 is 26.3 Å². The summed E-state index contributed by atoms with van der Waals surface area (Å²) in [5.74, 6) is 0.497. The van der Waals surface area contributed by atoms with E-state index in [0.717, 1.165) is 12.8 Å². The molecule has 4 rings (SSSR count). The van der Waals surface area contributed by atoms with E-state index in [0.29, 0.717) is 31.1 Å². The minimum atomic E-state index is -3.84. The highest BCUT2D eigenvalue weighted by Gasteiger charge is 2.32. The minimum absolute atomic E-state index is 0.00771. The van der Waals surface area contributed by atoms with Crippen LogP contribution in [0.2, 0.25) is 10.0 Å². The maximum Gasteiger partial charge on any atom is 0.244 e. The third-order valence-corrected chi connectivity index (χ3v) is 10.4. The van der Waals surface area contributed by atoms with Gasteiger partial charge in [-0.1, -0.05) is 29.3 Å². The van der Waals surface area contributed by atoms with Gasteiger partial charge in [-0.2, -0.15) is 4.31 Å². The molecule has 192 valence electrons. The Morgan fingerprint density at radius 2 is 1.83 bits per heavy atom. The molecule has 0 aromatic heterocycles. The fourth-order valence-corrected chi connectivity index (χ4v) is 7.41. The maximum absolute atomic E-state index is 13.1. The maximum atomic E-state index is 13.1. The van der Waals surface area contributed by atoms with Gasteiger partial charge >= 0.3 is 0 Å². The Balaban J connectivity index is 1.50. The molecule has 1 N–H and O–H groups in total. The minimum Gasteiger partial charge on any atom is -0.495 e. The molecule has 1 atom stereocenters. The molecule has 2 fully saturated rings. The summed E-state index contributed by atoms with van der Waals surface area (Å²) < 4.78 is 67.0. The number of anilines is 1. The van der Waals surface area contributed by atoms with Gasteiger partial charge in [0.15, 0.2) is 0 Å². The van der Waals surface area contributed by atoms with E-state index < -0.39 is 20.0 Å². The van der Waals surface area contributed by atoms with E-state index >= 15 is 0 Å². The van der Waals surface area contributed by atoms with Crippen molar-refractivity contribution in [3.63, 3.8) is 0 Å². The zero-order valence-electron chi connectivity index (χ0n) is 19.1. The molecule has 0 unspecified atom stereocenters. The van der Waals surface area contributed by atoms with Crippen LogP contribution in [0.1, 0.15) is 12.8 Å². The first-order valence-corrected chi connectivity index (χ1v) is 14.8. The van der Waals surface area contributed by atoms with Gasteiger partial charge in [-0.25, -0.2) is 21.6 Å². The number of nitrogens with one attached hydrogen (secondary N) is 1. The monoisotopic (exact) mass is 563 g/mol. The van der Waals surface area contributed by atoms with Gasteiger partial charge in [0.05, 0.1) is 33.8 Å². The topological polar surface area (TPSA) is 105 Å². The van der Waals surface area contributed by atoms with Crippen molar-refractivity contribution in [2.45, 2.75) is 28.7 Å². The molecule has 0 radical (unpaired) electrons. The zero-order valence-corrected chi connectivity index (χ0v) is 22.3. The van der Waals surface area contributed by atoms with Gasteiger partial charge in [0.25, 0.3) is 0 Å². The molecule has 0 saturated carbocycles. The Morgan fingerprint density at radius 3 is 2.49 bits per heavy atom. The molecule has 35 heavy (non-hydrogen) atoms. The van der Waals surface area contributed by atoms with Gasteiger partial charge < -0.3 is 14.4 Å². The molecule has 2 aliphatic heterocycles. The van der Waals surface area contributed by atoms with Gasteiger partial charge in [-0.15, -0.1) is 0 Å². The van der Waals surface area contributed by atoms with Crippen LogP contribution in [0.25, 0.3) is 0 Å². The number of piperazine rings is 1. The molecule has 2 aromatic carbocycles. The lowest BCUT2D eigenvalue weighted by Crippen LogP contribution is -2.48. The third-order valence-electron chi connectivity index (χ3n) is 6.10. The second-order valence-electron chi connectivity index (χ2n) is 8.26. The second-order valence-corrected chi connectivity index (χ2v) is 12.7. The van der Waals surface area contributed by atoms with Crippen molar-refractivity contribution >= 4 is 48.9 Å². The number of methoxy groups -OCH3 is 1. The average molecular weight is 565 g/mol. The number of hydrogen-bond acceptors (Lipinski definition) is 7. The number of ether oxygens (including phenoxy) is 2. The van der Waals surface area contributed by atoms with Gasteiger partial charge in [0.2, 0.25) is 20.0 Å². The number of sulfonamides is 2. The van der Waals surface area contributed by atoms with Crippen LogP contribution in [0, 0.1) is 0 Å². The highest BCUT2D eigenvalue weighted by molar-refractivity contribution is 7.89. The van der Waals surface area contributed by atoms with Gasteiger partial charge in [0, 0.05) is 39.3 Å². The van der Waals surface area contributed by atoms with Crippen molar-refractivity contribution in [2.24, 2.45) is 0 Å². The Morgan fingerprint density at radius 1 is 1.09 bits per heavy atom. The second kappa shape index (κ2) is 10.8. The van der Waals surface area contributed by atoms with Crippen LogP contribution in [-0.2, 0) is 24.8 Å². The summed E-state index contributed by atoms with van der Waals surface area (Å²) in [4.78, 5) is 1.97. The predicted octanol–water partition coefficient (Wildman–Crippen LogP) is 2.97. The lowest BCUT2D eigenvalue weighted by atomic mass is 10.2. The largest absolute Gasteiger partial charge is 0.495 e. The van der Waals surface area contributed by atoms with E-state index in [4.69, 9.17) is 32.7 Å². The first-order chi connectivity index (χ1) is 16.6. The highest BCUT2D eigenvalue weighted by atomic mass is 35.5. The Hall–Kier alpha value is -1.60. The van der Waals surface area contributed by atoms with Crippen LogP contribution in [0.5, 0.6) is 5.75 Å². The lowest BCUT2D eigenvalue weighted by Gasteiger charge is -2.36. The summed E-state index contributed by atoms with van der Waals surface area (Å²) in [5.41, 5.74) is 0.574. The highest BCUT2D eigenvalue weighted by Crippen LogP contribution is 2.34. The zero-order chi connectivity index (χ0) is 25.2. The van der Waals surface area contributed by atoms with Gasteiger partial charge in [-0.05, 0) is 43.2 Å². The lowest BCUT2D eigenvalue weighted by molar-refractivity contribution is 0.114. The van der Waals surface area contributed by atoms with E-state index in [1.165, 1.54) is 29.6 Å². The third kappa shape index (κ3) is 5.71. The standard InChI is InChI=1S/C22H27Cl2N3O6S2/c1-32-20-8-7-17(34(28,29)25-15-16-4-3-13-33-16)14-19(20)26-9-11-27(12-10-26)35(30,31)21-6-2-5-18(23)22(21)24/h2,5-8,14,16,25H,3-4,9-13,15H2,1H3/t16-/m0/s1. The van der Waals surface area contributed by atoms with E-state index in [1.807, 2.05) is 4.90 Å². The predicted molar refractivity (Wildman–Crippen MR) is 135 cm³/mol. The fraction of sp³-hybridized carbons (Fsp3) is 0.455. The SMILES string of the molecule is COc1ccc(S(=O)(=O)NC[C@@H]2CCCO2)cc1N1CCN(S(=O)(=O)c2cccc(Cl)c2Cl)CC1. The van der Waals surface area contributed by atoms with Crippen LogP contribution in [0.3, 0.4) is 0 Å². The van der Waals surface area contributed by atoms with E-state index in [-0.39, 0.29) is 45.6 Å². The van der Waals surface area contributed by atoms with E-state index in [2.05, 4.69) is 4.72 Å². The van der Waals surface area contributed by atoms with Crippen molar-refractivity contribution in [1.82, 2.24) is 9.03 Å². The molecular weight excluding hydrogens is 537 g/mol. The molecule has 0 aliphatic carbocycles.